The van der Waals surface area contributed by atoms with Gasteiger partial charge in [-0.2, -0.15) is 0 Å². The first-order chi connectivity index (χ1) is 12.4. The van der Waals surface area contributed by atoms with Crippen LogP contribution in [0, 0.1) is 0 Å². The molecule has 0 aromatic rings. The molecule has 0 bridgehead atoms. The summed E-state index contributed by atoms with van der Waals surface area (Å²) in [6.45, 7) is 4.88. The number of nitrogens with two attached hydrogens (primary N) is 1. The summed E-state index contributed by atoms with van der Waals surface area (Å²) >= 11 is 0. The van der Waals surface area contributed by atoms with Gasteiger partial charge in [0.25, 0.3) is 0 Å². The number of hydrogen-bond donors (Lipinski definition) is 1. The Morgan fingerprint density at radius 2 is 1.04 bits per heavy atom. The van der Waals surface area contributed by atoms with E-state index >= 15 is 0 Å². The summed E-state index contributed by atoms with van der Waals surface area (Å²) in [5.74, 6) is 0. The topological polar surface area (TPSA) is 84.6 Å². The maximum atomic E-state index is 5.93. The van der Waals surface area contributed by atoms with Crippen LogP contribution in [0.4, 0.5) is 0 Å². The summed E-state index contributed by atoms with van der Waals surface area (Å²) in [5, 5.41) is 0. The van der Waals surface area contributed by atoms with E-state index in [1.807, 2.05) is 6.92 Å². The highest BCUT2D eigenvalue weighted by Crippen LogP contribution is 2.18. The molecule has 2 N–H and O–H groups in total. The molecule has 0 saturated carbocycles. The fourth-order valence-electron chi connectivity index (χ4n) is 2.87. The molecule has 0 saturated heterocycles. The van der Waals surface area contributed by atoms with Crippen molar-refractivity contribution in [2.45, 2.75) is 44.3 Å². The molecule has 0 aromatic heterocycles. The first-order valence-corrected chi connectivity index (χ1v) is 13.0. The molecule has 0 amide bonds. The van der Waals surface area contributed by atoms with Gasteiger partial charge in [0.2, 0.25) is 0 Å². The molecule has 0 aliphatic rings. The highest BCUT2D eigenvalue weighted by molar-refractivity contribution is 6.60. The van der Waals surface area contributed by atoms with Gasteiger partial charge in [-0.1, -0.05) is 0 Å². The Morgan fingerprint density at radius 3 is 1.31 bits per heavy atom. The lowest BCUT2D eigenvalue weighted by Crippen LogP contribution is -2.44. The van der Waals surface area contributed by atoms with Gasteiger partial charge in [0.15, 0.2) is 0 Å². The van der Waals surface area contributed by atoms with E-state index in [4.69, 9.17) is 32.3 Å². The van der Waals surface area contributed by atoms with Crippen molar-refractivity contribution in [1.82, 2.24) is 4.90 Å². The molecule has 0 aromatic carbocycles. The number of nitrogens with zero attached hydrogens (tertiary/aromatic N) is 1. The van der Waals surface area contributed by atoms with Gasteiger partial charge in [0, 0.05) is 60.8 Å². The number of rotatable bonds is 17. The molecule has 158 valence electrons. The van der Waals surface area contributed by atoms with Crippen molar-refractivity contribution in [3.8, 4) is 0 Å². The van der Waals surface area contributed by atoms with Crippen molar-refractivity contribution in [2.75, 3.05) is 62.3 Å². The average Bonchev–Trinajstić information content (AvgIpc) is 2.67. The summed E-state index contributed by atoms with van der Waals surface area (Å²) in [7, 11) is 4.88. The third-order valence-electron chi connectivity index (χ3n) is 4.68. The minimum absolute atomic E-state index is 0.188. The first-order valence-electron chi connectivity index (χ1n) is 9.15. The molecule has 8 nitrogen and oxygen atoms in total. The average molecular weight is 413 g/mol. The van der Waals surface area contributed by atoms with Gasteiger partial charge in [-0.3, -0.25) is 0 Å². The summed E-state index contributed by atoms with van der Waals surface area (Å²) in [4.78, 5) is 2.42. The van der Waals surface area contributed by atoms with Crippen LogP contribution in [-0.2, 0) is 26.6 Å². The molecular formula is C16H40N2O6Si2. The molecule has 1 atom stereocenters. The molecule has 26 heavy (non-hydrogen) atoms. The van der Waals surface area contributed by atoms with Gasteiger partial charge in [-0.05, 0) is 45.8 Å². The molecule has 0 rings (SSSR count). The largest absolute Gasteiger partial charge is 0.500 e. The van der Waals surface area contributed by atoms with E-state index in [1.165, 1.54) is 0 Å². The van der Waals surface area contributed by atoms with Crippen LogP contribution in [0.5, 0.6) is 0 Å². The van der Waals surface area contributed by atoms with E-state index in [2.05, 4.69) is 4.90 Å². The Hall–Kier alpha value is 0.114. The van der Waals surface area contributed by atoms with Crippen molar-refractivity contribution in [1.29, 1.82) is 0 Å². The van der Waals surface area contributed by atoms with Gasteiger partial charge in [0.05, 0.1) is 0 Å². The fraction of sp³-hybridized carbons (Fsp3) is 1.00. The Balaban J connectivity index is 4.56. The zero-order chi connectivity index (χ0) is 20.1. The quantitative estimate of drug-likeness (QED) is 0.360. The zero-order valence-corrected chi connectivity index (χ0v) is 19.7. The van der Waals surface area contributed by atoms with E-state index in [9.17, 15) is 0 Å². The SMILES string of the molecule is CO[Si](CCCN(CCC[Si](OC)(OC)OC)CCC(C)N)(OC)OC. The minimum atomic E-state index is -2.51. The van der Waals surface area contributed by atoms with Crippen LogP contribution in [0.2, 0.25) is 12.1 Å². The maximum absolute atomic E-state index is 5.93. The van der Waals surface area contributed by atoms with Crippen LogP contribution >= 0.6 is 0 Å². The van der Waals surface area contributed by atoms with Gasteiger partial charge >= 0.3 is 17.6 Å². The molecular weight excluding hydrogens is 372 g/mol. The first kappa shape index (κ1) is 26.1. The molecule has 0 aliphatic carbocycles. The summed E-state index contributed by atoms with van der Waals surface area (Å²) in [5.41, 5.74) is 5.93. The number of hydrogen-bond acceptors (Lipinski definition) is 8. The lowest BCUT2D eigenvalue weighted by atomic mass is 10.2. The molecule has 10 heteroatoms. The molecule has 0 heterocycles. The third-order valence-corrected chi connectivity index (χ3v) is 10.3. The Morgan fingerprint density at radius 1 is 0.692 bits per heavy atom. The van der Waals surface area contributed by atoms with Crippen molar-refractivity contribution in [3.63, 3.8) is 0 Å². The van der Waals surface area contributed by atoms with Crippen LogP contribution < -0.4 is 5.73 Å². The maximum Gasteiger partial charge on any atom is 0.500 e. The van der Waals surface area contributed by atoms with Crippen LogP contribution in [0.1, 0.15) is 26.2 Å². The molecule has 0 fully saturated rings. The Kier molecular flexibility index (Phi) is 14.2. The van der Waals surface area contributed by atoms with Gasteiger partial charge in [-0.25, -0.2) is 0 Å². The normalized spacial score (nSPS) is 14.2. The highest BCUT2D eigenvalue weighted by Gasteiger charge is 2.38. The minimum Gasteiger partial charge on any atom is -0.377 e. The van der Waals surface area contributed by atoms with Gasteiger partial charge < -0.3 is 37.2 Å². The summed E-state index contributed by atoms with van der Waals surface area (Å²) in [6.07, 6.45) is 2.85. The van der Waals surface area contributed by atoms with Crippen molar-refractivity contribution >= 4 is 17.6 Å². The molecule has 0 aliphatic heterocycles. The Labute approximate surface area is 161 Å². The Bertz CT molecular complexity index is 302. The zero-order valence-electron chi connectivity index (χ0n) is 17.7. The van der Waals surface area contributed by atoms with E-state index in [1.54, 1.807) is 42.7 Å². The van der Waals surface area contributed by atoms with E-state index < -0.39 is 17.6 Å². The highest BCUT2D eigenvalue weighted by atomic mass is 28.4. The van der Waals surface area contributed by atoms with E-state index in [-0.39, 0.29) is 6.04 Å². The second kappa shape index (κ2) is 14.2. The summed E-state index contributed by atoms with van der Waals surface area (Å²) in [6, 6.07) is 1.77. The third kappa shape index (κ3) is 9.35. The second-order valence-electron chi connectivity index (χ2n) is 6.41. The van der Waals surface area contributed by atoms with Crippen LogP contribution in [0.3, 0.4) is 0 Å². The lowest BCUT2D eigenvalue weighted by molar-refractivity contribution is 0.119. The fourth-order valence-corrected chi connectivity index (χ4v) is 6.28. The standard InChI is InChI=1S/C16H40N2O6Si2/c1-16(17)10-13-18(11-8-14-25(19-2,20-3)21-4)12-9-15-26(22-5,23-6)24-7/h16H,8-15,17H2,1-7H3. The van der Waals surface area contributed by atoms with E-state index in [0.29, 0.717) is 0 Å². The van der Waals surface area contributed by atoms with Crippen molar-refractivity contribution < 1.29 is 26.6 Å². The van der Waals surface area contributed by atoms with E-state index in [0.717, 1.165) is 51.0 Å². The monoisotopic (exact) mass is 412 g/mol. The second-order valence-corrected chi connectivity index (χ2v) is 12.6. The van der Waals surface area contributed by atoms with Crippen LogP contribution in [0.25, 0.3) is 0 Å². The van der Waals surface area contributed by atoms with Gasteiger partial charge in [-0.15, -0.1) is 0 Å². The van der Waals surface area contributed by atoms with Gasteiger partial charge in [0.1, 0.15) is 0 Å². The van der Waals surface area contributed by atoms with Crippen LogP contribution in [0.15, 0.2) is 0 Å². The van der Waals surface area contributed by atoms with Crippen LogP contribution in [-0.4, -0.2) is 90.8 Å². The van der Waals surface area contributed by atoms with Crippen molar-refractivity contribution in [2.24, 2.45) is 5.73 Å². The molecule has 0 radical (unpaired) electrons. The molecule has 1 unspecified atom stereocenters. The smallest absolute Gasteiger partial charge is 0.377 e. The van der Waals surface area contributed by atoms with Crippen molar-refractivity contribution in [3.05, 3.63) is 0 Å². The summed E-state index contributed by atoms with van der Waals surface area (Å²) < 4.78 is 33.0. The lowest BCUT2D eigenvalue weighted by Gasteiger charge is -2.28. The predicted octanol–water partition coefficient (Wildman–Crippen LogP) is 1.56. The molecule has 0 spiro atoms. The predicted molar refractivity (Wildman–Crippen MR) is 107 cm³/mol.